The van der Waals surface area contributed by atoms with Crippen molar-refractivity contribution in [3.63, 3.8) is 0 Å². The van der Waals surface area contributed by atoms with Crippen molar-refractivity contribution < 1.29 is 0 Å². The summed E-state index contributed by atoms with van der Waals surface area (Å²) in [4.78, 5) is 6.02. The van der Waals surface area contributed by atoms with Crippen LogP contribution in [0.15, 0.2) is 24.3 Å². The molecule has 2 heterocycles. The summed E-state index contributed by atoms with van der Waals surface area (Å²) in [7, 11) is 0. The molecule has 3 heteroatoms. The second-order valence-corrected chi connectivity index (χ2v) is 5.94. The van der Waals surface area contributed by atoms with Gasteiger partial charge in [-0.2, -0.15) is 0 Å². The lowest BCUT2D eigenvalue weighted by Gasteiger charge is -2.35. The molecule has 1 aromatic carbocycles. The lowest BCUT2D eigenvalue weighted by atomic mass is 9.94. The first-order valence-electron chi connectivity index (χ1n) is 7.19. The van der Waals surface area contributed by atoms with Crippen molar-refractivity contribution in [3.8, 4) is 0 Å². The van der Waals surface area contributed by atoms with Gasteiger partial charge in [-0.05, 0) is 37.4 Å². The first-order chi connectivity index (χ1) is 9.15. The Morgan fingerprint density at radius 3 is 2.95 bits per heavy atom. The molecule has 1 saturated heterocycles. The number of aromatic amines is 1. The molecule has 1 aliphatic heterocycles. The number of benzene rings is 1. The second kappa shape index (κ2) is 4.99. The van der Waals surface area contributed by atoms with E-state index in [0.717, 1.165) is 26.1 Å². The van der Waals surface area contributed by atoms with Gasteiger partial charge in [0.2, 0.25) is 0 Å². The van der Waals surface area contributed by atoms with Crippen LogP contribution in [0.3, 0.4) is 0 Å². The third-order valence-corrected chi connectivity index (χ3v) is 4.46. The van der Waals surface area contributed by atoms with Crippen molar-refractivity contribution in [2.24, 2.45) is 11.7 Å². The summed E-state index contributed by atoms with van der Waals surface area (Å²) in [5.41, 5.74) is 10.1. The second-order valence-electron chi connectivity index (χ2n) is 5.94. The van der Waals surface area contributed by atoms with Crippen molar-refractivity contribution in [1.29, 1.82) is 0 Å². The first kappa shape index (κ1) is 12.7. The van der Waals surface area contributed by atoms with E-state index in [-0.39, 0.29) is 0 Å². The number of rotatable bonds is 2. The van der Waals surface area contributed by atoms with E-state index in [4.69, 9.17) is 5.73 Å². The van der Waals surface area contributed by atoms with E-state index in [1.807, 2.05) is 0 Å². The molecule has 1 fully saturated rings. The Morgan fingerprint density at radius 1 is 1.37 bits per heavy atom. The highest BCUT2D eigenvalue weighted by atomic mass is 15.1. The van der Waals surface area contributed by atoms with Gasteiger partial charge in [-0.15, -0.1) is 0 Å². The maximum Gasteiger partial charge on any atom is 0.0459 e. The Bertz CT molecular complexity index is 572. The highest BCUT2D eigenvalue weighted by Crippen LogP contribution is 2.25. The minimum absolute atomic E-state index is 0.375. The van der Waals surface area contributed by atoms with Crippen molar-refractivity contribution >= 4 is 10.9 Å². The Labute approximate surface area is 114 Å². The fraction of sp³-hybridized carbons (Fsp3) is 0.500. The van der Waals surface area contributed by atoms with Crippen LogP contribution < -0.4 is 5.73 Å². The number of nitrogens with two attached hydrogens (primary N) is 1. The smallest absolute Gasteiger partial charge is 0.0459 e. The number of likely N-dealkylation sites (tertiary alicyclic amines) is 1. The average Bonchev–Trinajstić information content (AvgIpc) is 2.71. The normalized spacial score (nSPS) is 25.0. The summed E-state index contributed by atoms with van der Waals surface area (Å²) in [6.07, 6.45) is 1.11. The molecule has 0 bridgehead atoms. The van der Waals surface area contributed by atoms with Crippen LogP contribution >= 0.6 is 0 Å². The monoisotopic (exact) mass is 257 g/mol. The van der Waals surface area contributed by atoms with Gasteiger partial charge in [-0.1, -0.05) is 25.1 Å². The van der Waals surface area contributed by atoms with E-state index in [0.29, 0.717) is 12.0 Å². The molecule has 0 radical (unpaired) electrons. The number of H-pyrrole nitrogens is 1. The number of fused-ring (bicyclic) bond motifs is 1. The summed E-state index contributed by atoms with van der Waals surface area (Å²) in [6, 6.07) is 8.95. The number of hydrogen-bond donors (Lipinski definition) is 2. The van der Waals surface area contributed by atoms with E-state index in [9.17, 15) is 0 Å². The zero-order valence-corrected chi connectivity index (χ0v) is 11.8. The van der Waals surface area contributed by atoms with Gasteiger partial charge < -0.3 is 10.7 Å². The van der Waals surface area contributed by atoms with Crippen LogP contribution in [0.2, 0.25) is 0 Å². The van der Waals surface area contributed by atoms with Gasteiger partial charge in [0.25, 0.3) is 0 Å². The zero-order chi connectivity index (χ0) is 13.4. The van der Waals surface area contributed by atoms with Crippen molar-refractivity contribution in [3.05, 3.63) is 35.5 Å². The summed E-state index contributed by atoms with van der Waals surface area (Å²) in [6.45, 7) is 7.70. The van der Waals surface area contributed by atoms with E-state index in [2.05, 4.69) is 48.0 Å². The molecule has 102 valence electrons. The number of aryl methyl sites for hydroxylation is 1. The first-order valence-corrected chi connectivity index (χ1v) is 7.19. The number of nitrogens with one attached hydrogen (secondary N) is 1. The predicted molar refractivity (Wildman–Crippen MR) is 80.1 cm³/mol. The Morgan fingerprint density at radius 2 is 2.16 bits per heavy atom. The molecule has 2 aromatic rings. The summed E-state index contributed by atoms with van der Waals surface area (Å²) >= 11 is 0. The molecule has 0 saturated carbocycles. The molecule has 0 spiro atoms. The van der Waals surface area contributed by atoms with Crippen LogP contribution in [0.1, 0.15) is 24.6 Å². The SMILES string of the molecule is Cc1[nH]c2ccccc2c1CN1CCC(N)C(C)C1. The molecule has 1 aromatic heterocycles. The van der Waals surface area contributed by atoms with Crippen LogP contribution in [-0.4, -0.2) is 29.0 Å². The Balaban J connectivity index is 1.83. The maximum absolute atomic E-state index is 6.10. The highest BCUT2D eigenvalue weighted by Gasteiger charge is 2.24. The standard InChI is InChI=1S/C16H23N3/c1-11-9-19(8-7-15(11)17)10-14-12(2)18-16-6-4-3-5-13(14)16/h3-6,11,15,18H,7-10,17H2,1-2H3. The Hall–Kier alpha value is -1.32. The molecule has 3 rings (SSSR count). The van der Waals surface area contributed by atoms with Gasteiger partial charge in [0, 0.05) is 35.7 Å². The number of hydrogen-bond acceptors (Lipinski definition) is 2. The minimum Gasteiger partial charge on any atom is -0.358 e. The lowest BCUT2D eigenvalue weighted by molar-refractivity contribution is 0.158. The molecule has 1 aliphatic rings. The van der Waals surface area contributed by atoms with Gasteiger partial charge in [0.1, 0.15) is 0 Å². The summed E-state index contributed by atoms with van der Waals surface area (Å²) in [5.74, 6) is 0.597. The topological polar surface area (TPSA) is 45.0 Å². The van der Waals surface area contributed by atoms with Crippen molar-refractivity contribution in [2.45, 2.75) is 32.9 Å². The third kappa shape index (κ3) is 2.40. The summed E-state index contributed by atoms with van der Waals surface area (Å²) < 4.78 is 0. The minimum atomic E-state index is 0.375. The van der Waals surface area contributed by atoms with Crippen LogP contribution in [0.5, 0.6) is 0 Å². The van der Waals surface area contributed by atoms with Crippen molar-refractivity contribution in [2.75, 3.05) is 13.1 Å². The number of aromatic nitrogens is 1. The Kier molecular flexibility index (Phi) is 3.33. The molecular formula is C16H23N3. The number of para-hydroxylation sites is 1. The van der Waals surface area contributed by atoms with Gasteiger partial charge in [-0.3, -0.25) is 4.90 Å². The van der Waals surface area contributed by atoms with E-state index >= 15 is 0 Å². The molecule has 2 atom stereocenters. The molecule has 0 aliphatic carbocycles. The van der Waals surface area contributed by atoms with E-state index in [1.165, 1.54) is 22.2 Å². The molecular weight excluding hydrogens is 234 g/mol. The van der Waals surface area contributed by atoms with Gasteiger partial charge in [-0.25, -0.2) is 0 Å². The maximum atomic E-state index is 6.10. The third-order valence-electron chi connectivity index (χ3n) is 4.46. The number of nitrogens with zero attached hydrogens (tertiary/aromatic N) is 1. The van der Waals surface area contributed by atoms with Crippen LogP contribution in [0, 0.1) is 12.8 Å². The van der Waals surface area contributed by atoms with Gasteiger partial charge in [0.05, 0.1) is 0 Å². The van der Waals surface area contributed by atoms with Gasteiger partial charge >= 0.3 is 0 Å². The van der Waals surface area contributed by atoms with Crippen LogP contribution in [0.4, 0.5) is 0 Å². The predicted octanol–water partition coefficient (Wildman–Crippen LogP) is 2.65. The van der Waals surface area contributed by atoms with E-state index < -0.39 is 0 Å². The molecule has 19 heavy (non-hydrogen) atoms. The number of piperidine rings is 1. The van der Waals surface area contributed by atoms with Gasteiger partial charge in [0.15, 0.2) is 0 Å². The fourth-order valence-electron chi connectivity index (χ4n) is 3.16. The van der Waals surface area contributed by atoms with Crippen molar-refractivity contribution in [1.82, 2.24) is 9.88 Å². The molecule has 3 nitrogen and oxygen atoms in total. The summed E-state index contributed by atoms with van der Waals surface area (Å²) in [5, 5.41) is 1.36. The van der Waals surface area contributed by atoms with Crippen LogP contribution in [-0.2, 0) is 6.54 Å². The molecule has 0 amide bonds. The zero-order valence-electron chi connectivity index (χ0n) is 11.8. The average molecular weight is 257 g/mol. The highest BCUT2D eigenvalue weighted by molar-refractivity contribution is 5.84. The quantitative estimate of drug-likeness (QED) is 0.868. The lowest BCUT2D eigenvalue weighted by Crippen LogP contribution is -2.45. The molecule has 3 N–H and O–H groups in total. The molecule has 2 unspecified atom stereocenters. The van der Waals surface area contributed by atoms with E-state index in [1.54, 1.807) is 0 Å². The fourth-order valence-corrected chi connectivity index (χ4v) is 3.16. The van der Waals surface area contributed by atoms with Crippen LogP contribution in [0.25, 0.3) is 10.9 Å². The largest absolute Gasteiger partial charge is 0.358 e.